The lowest BCUT2D eigenvalue weighted by Gasteiger charge is -2.08. The molecule has 0 saturated heterocycles. The van der Waals surface area contributed by atoms with E-state index in [1.165, 1.54) is 6.42 Å². The van der Waals surface area contributed by atoms with Gasteiger partial charge in [0.2, 0.25) is 0 Å². The van der Waals surface area contributed by atoms with Crippen LogP contribution in [0.4, 0.5) is 5.69 Å². The van der Waals surface area contributed by atoms with Crippen LogP contribution in [0.5, 0.6) is 0 Å². The normalized spacial score (nSPS) is 10.9. The smallest absolute Gasteiger partial charge is 0.0888 e. The Hall–Kier alpha value is -1.09. The molecule has 0 unspecified atom stereocenters. The van der Waals surface area contributed by atoms with Gasteiger partial charge in [-0.2, -0.15) is 0 Å². The lowest BCUT2D eigenvalue weighted by Crippen LogP contribution is -2.03. The molecule has 1 aromatic heterocycles. The van der Waals surface area contributed by atoms with Crippen LogP contribution in [-0.4, -0.2) is 18.1 Å². The van der Waals surface area contributed by atoms with Crippen LogP contribution in [0.3, 0.4) is 0 Å². The van der Waals surface area contributed by atoms with E-state index in [1.54, 1.807) is 0 Å². The molecule has 0 amide bonds. The van der Waals surface area contributed by atoms with E-state index in [9.17, 15) is 0 Å². The first-order valence-electron chi connectivity index (χ1n) is 6.99. The molecule has 1 N–H and O–H groups in total. The molecule has 0 saturated carbocycles. The van der Waals surface area contributed by atoms with Gasteiger partial charge in [-0.25, -0.2) is 0 Å². The summed E-state index contributed by atoms with van der Waals surface area (Å²) >= 11 is 0. The minimum absolute atomic E-state index is 0.611. The number of nitrogens with zero attached hydrogens (tertiary/aromatic N) is 1. The van der Waals surface area contributed by atoms with Crippen LogP contribution in [0, 0.1) is 5.92 Å². The Labute approximate surface area is 111 Å². The molecule has 1 heterocycles. The fourth-order valence-corrected chi connectivity index (χ4v) is 1.71. The van der Waals surface area contributed by atoms with Crippen LogP contribution in [0.1, 0.15) is 45.7 Å². The molecule has 3 nitrogen and oxygen atoms in total. The van der Waals surface area contributed by atoms with Gasteiger partial charge in [0.05, 0.1) is 12.3 Å². The number of rotatable bonds is 9. The van der Waals surface area contributed by atoms with Crippen molar-refractivity contribution in [2.45, 2.75) is 46.6 Å². The molecule has 0 fully saturated rings. The van der Waals surface area contributed by atoms with Crippen molar-refractivity contribution in [3.63, 3.8) is 0 Å². The summed E-state index contributed by atoms with van der Waals surface area (Å²) in [7, 11) is 0. The summed E-state index contributed by atoms with van der Waals surface area (Å²) in [6.45, 7) is 9.08. The predicted octanol–water partition coefficient (Wildman–Crippen LogP) is 3.86. The van der Waals surface area contributed by atoms with Gasteiger partial charge in [-0.05, 0) is 37.3 Å². The first kappa shape index (κ1) is 15.0. The molecule has 0 spiro atoms. The summed E-state index contributed by atoms with van der Waals surface area (Å²) in [6, 6.07) is 4.07. The third-order valence-electron chi connectivity index (χ3n) is 2.72. The van der Waals surface area contributed by atoms with Gasteiger partial charge in [-0.1, -0.05) is 20.8 Å². The quantitative estimate of drug-likeness (QED) is 0.676. The topological polar surface area (TPSA) is 34.2 Å². The summed E-state index contributed by atoms with van der Waals surface area (Å²) < 4.78 is 5.64. The number of hydrogen-bond acceptors (Lipinski definition) is 3. The second-order valence-electron chi connectivity index (χ2n) is 5.05. The lowest BCUT2D eigenvalue weighted by atomic mass is 10.1. The van der Waals surface area contributed by atoms with E-state index >= 15 is 0 Å². The number of ether oxygens (including phenoxy) is 1. The number of nitrogens with one attached hydrogen (secondary N) is 1. The van der Waals surface area contributed by atoms with E-state index in [0.717, 1.165) is 43.3 Å². The maximum Gasteiger partial charge on any atom is 0.0888 e. The average Bonchev–Trinajstić information content (AvgIpc) is 2.36. The number of pyridine rings is 1. The van der Waals surface area contributed by atoms with Crippen LogP contribution < -0.4 is 5.32 Å². The number of anilines is 1. The van der Waals surface area contributed by atoms with E-state index in [2.05, 4.69) is 37.1 Å². The summed E-state index contributed by atoms with van der Waals surface area (Å²) in [5.41, 5.74) is 2.13. The van der Waals surface area contributed by atoms with Gasteiger partial charge in [-0.15, -0.1) is 0 Å². The fourth-order valence-electron chi connectivity index (χ4n) is 1.71. The zero-order chi connectivity index (χ0) is 13.2. The molecule has 18 heavy (non-hydrogen) atoms. The highest BCUT2D eigenvalue weighted by atomic mass is 16.5. The molecular weight excluding hydrogens is 224 g/mol. The predicted molar refractivity (Wildman–Crippen MR) is 76.7 cm³/mol. The van der Waals surface area contributed by atoms with Gasteiger partial charge in [0, 0.05) is 25.0 Å². The summed E-state index contributed by atoms with van der Waals surface area (Å²) in [5.74, 6) is 0.758. The number of hydrogen-bond donors (Lipinski definition) is 1. The van der Waals surface area contributed by atoms with Crippen LogP contribution in [-0.2, 0) is 11.3 Å². The van der Waals surface area contributed by atoms with Crippen LogP contribution in [0.25, 0.3) is 0 Å². The van der Waals surface area contributed by atoms with Gasteiger partial charge >= 0.3 is 0 Å². The Kier molecular flexibility index (Phi) is 7.42. The Balaban J connectivity index is 2.24. The first-order chi connectivity index (χ1) is 8.72. The summed E-state index contributed by atoms with van der Waals surface area (Å²) in [4.78, 5) is 4.32. The standard InChI is InChI=1S/C15H26N2O/c1-4-8-16-14-7-9-17-15(11-14)12-18-10-5-6-13(2)3/h7,9,11,13H,4-6,8,10,12H2,1-3H3,(H,16,17). The zero-order valence-corrected chi connectivity index (χ0v) is 11.9. The highest BCUT2D eigenvalue weighted by molar-refractivity contribution is 5.42. The van der Waals surface area contributed by atoms with Crippen molar-refractivity contribution in [2.24, 2.45) is 5.92 Å². The molecule has 0 radical (unpaired) electrons. The van der Waals surface area contributed by atoms with Gasteiger partial charge in [0.15, 0.2) is 0 Å². The highest BCUT2D eigenvalue weighted by Gasteiger charge is 1.98. The van der Waals surface area contributed by atoms with Gasteiger partial charge < -0.3 is 10.1 Å². The molecule has 0 aliphatic heterocycles. The Morgan fingerprint density at radius 1 is 1.39 bits per heavy atom. The molecule has 0 bridgehead atoms. The zero-order valence-electron chi connectivity index (χ0n) is 11.9. The maximum absolute atomic E-state index is 5.64. The van der Waals surface area contributed by atoms with Gasteiger partial charge in [-0.3, -0.25) is 4.98 Å². The molecule has 1 aromatic rings. The van der Waals surface area contributed by atoms with Gasteiger partial charge in [0.25, 0.3) is 0 Å². The minimum Gasteiger partial charge on any atom is -0.385 e. The molecule has 1 rings (SSSR count). The average molecular weight is 250 g/mol. The Morgan fingerprint density at radius 2 is 2.22 bits per heavy atom. The number of aromatic nitrogens is 1. The van der Waals surface area contributed by atoms with E-state index in [1.807, 2.05) is 12.3 Å². The van der Waals surface area contributed by atoms with Crippen molar-refractivity contribution in [2.75, 3.05) is 18.5 Å². The largest absolute Gasteiger partial charge is 0.385 e. The third-order valence-corrected chi connectivity index (χ3v) is 2.72. The maximum atomic E-state index is 5.64. The molecule has 0 aliphatic rings. The Bertz CT molecular complexity index is 326. The minimum atomic E-state index is 0.611. The summed E-state index contributed by atoms with van der Waals surface area (Å²) in [5, 5.41) is 3.36. The fraction of sp³-hybridized carbons (Fsp3) is 0.667. The van der Waals surface area contributed by atoms with Crippen LogP contribution >= 0.6 is 0 Å². The van der Waals surface area contributed by atoms with Crippen molar-refractivity contribution in [1.29, 1.82) is 0 Å². The molecule has 3 heteroatoms. The van der Waals surface area contributed by atoms with Crippen molar-refractivity contribution in [1.82, 2.24) is 4.98 Å². The second-order valence-corrected chi connectivity index (χ2v) is 5.05. The molecule has 0 aromatic carbocycles. The lowest BCUT2D eigenvalue weighted by molar-refractivity contribution is 0.112. The summed E-state index contributed by atoms with van der Waals surface area (Å²) in [6.07, 6.45) is 5.32. The van der Waals surface area contributed by atoms with Crippen molar-refractivity contribution in [3.8, 4) is 0 Å². The van der Waals surface area contributed by atoms with Gasteiger partial charge in [0.1, 0.15) is 0 Å². The first-order valence-corrected chi connectivity index (χ1v) is 6.99. The van der Waals surface area contributed by atoms with E-state index in [-0.39, 0.29) is 0 Å². The van der Waals surface area contributed by atoms with Crippen molar-refractivity contribution < 1.29 is 4.74 Å². The second kappa shape index (κ2) is 8.92. The van der Waals surface area contributed by atoms with Crippen LogP contribution in [0.2, 0.25) is 0 Å². The molecule has 102 valence electrons. The van der Waals surface area contributed by atoms with Crippen molar-refractivity contribution in [3.05, 3.63) is 24.0 Å². The third kappa shape index (κ3) is 6.60. The van der Waals surface area contributed by atoms with E-state index in [0.29, 0.717) is 6.61 Å². The SMILES string of the molecule is CCCNc1ccnc(COCCCC(C)C)c1. The van der Waals surface area contributed by atoms with E-state index < -0.39 is 0 Å². The van der Waals surface area contributed by atoms with E-state index in [4.69, 9.17) is 4.74 Å². The van der Waals surface area contributed by atoms with Crippen molar-refractivity contribution >= 4 is 5.69 Å². The molecule has 0 aliphatic carbocycles. The van der Waals surface area contributed by atoms with Crippen LogP contribution in [0.15, 0.2) is 18.3 Å². The highest BCUT2D eigenvalue weighted by Crippen LogP contribution is 2.09. The molecular formula is C15H26N2O. The monoisotopic (exact) mass is 250 g/mol. The Morgan fingerprint density at radius 3 is 2.94 bits per heavy atom. The molecule has 0 atom stereocenters.